The van der Waals surface area contributed by atoms with E-state index in [1.54, 1.807) is 18.2 Å². The molecule has 0 saturated heterocycles. The van der Waals surface area contributed by atoms with Crippen molar-refractivity contribution < 1.29 is 9.26 Å². The lowest BCUT2D eigenvalue weighted by Gasteiger charge is -2.05. The van der Waals surface area contributed by atoms with Crippen LogP contribution in [0, 0.1) is 0 Å². The van der Waals surface area contributed by atoms with Gasteiger partial charge in [-0.15, -0.1) is 0 Å². The highest BCUT2D eigenvalue weighted by molar-refractivity contribution is 6.34. The second-order valence-corrected chi connectivity index (χ2v) is 5.08. The monoisotopic (exact) mass is 320 g/mol. The highest BCUT2D eigenvalue weighted by Crippen LogP contribution is 2.28. The Morgan fingerprint density at radius 3 is 2.67 bits per heavy atom. The molecular formula is C15H10Cl2N2O2. The fourth-order valence-electron chi connectivity index (χ4n) is 1.75. The van der Waals surface area contributed by atoms with Gasteiger partial charge in [-0.1, -0.05) is 58.7 Å². The third-order valence-corrected chi connectivity index (χ3v) is 3.29. The van der Waals surface area contributed by atoms with E-state index in [1.807, 2.05) is 30.3 Å². The molecule has 0 amide bonds. The van der Waals surface area contributed by atoms with Gasteiger partial charge < -0.3 is 9.26 Å². The maximum atomic E-state index is 6.01. The van der Waals surface area contributed by atoms with Gasteiger partial charge in [0.1, 0.15) is 5.75 Å². The van der Waals surface area contributed by atoms with Crippen LogP contribution in [0.4, 0.5) is 0 Å². The van der Waals surface area contributed by atoms with Crippen LogP contribution >= 0.6 is 23.2 Å². The highest BCUT2D eigenvalue weighted by Gasteiger charge is 2.10. The molecule has 0 N–H and O–H groups in total. The molecule has 3 aromatic rings. The molecule has 0 bridgehead atoms. The Bertz CT molecular complexity index is 744. The minimum atomic E-state index is 0.125. The molecular weight excluding hydrogens is 311 g/mol. The van der Waals surface area contributed by atoms with Gasteiger partial charge in [-0.2, -0.15) is 4.98 Å². The number of hydrogen-bond donors (Lipinski definition) is 0. The molecule has 0 spiro atoms. The van der Waals surface area contributed by atoms with Crippen molar-refractivity contribution in [1.29, 1.82) is 0 Å². The minimum Gasteiger partial charge on any atom is -0.482 e. The van der Waals surface area contributed by atoms with E-state index in [0.717, 1.165) is 5.56 Å². The van der Waals surface area contributed by atoms with Crippen molar-refractivity contribution in [1.82, 2.24) is 10.1 Å². The van der Waals surface area contributed by atoms with Gasteiger partial charge in [0.15, 0.2) is 6.61 Å². The fraction of sp³-hybridized carbons (Fsp3) is 0.0667. The summed E-state index contributed by atoms with van der Waals surface area (Å²) < 4.78 is 10.7. The van der Waals surface area contributed by atoms with E-state index in [1.165, 1.54) is 0 Å². The van der Waals surface area contributed by atoms with Crippen molar-refractivity contribution in [2.45, 2.75) is 6.61 Å². The Hall–Kier alpha value is -2.04. The molecule has 1 heterocycles. The maximum absolute atomic E-state index is 6.01. The zero-order valence-electron chi connectivity index (χ0n) is 10.8. The second-order valence-electron chi connectivity index (χ2n) is 4.24. The third kappa shape index (κ3) is 3.35. The number of halogens is 2. The van der Waals surface area contributed by atoms with Gasteiger partial charge >= 0.3 is 0 Å². The number of ether oxygens (including phenoxy) is 1. The van der Waals surface area contributed by atoms with Crippen LogP contribution in [0.3, 0.4) is 0 Å². The molecule has 0 unspecified atom stereocenters. The molecule has 1 aromatic heterocycles. The smallest absolute Gasteiger partial charge is 0.264 e. The Morgan fingerprint density at radius 2 is 1.86 bits per heavy atom. The summed E-state index contributed by atoms with van der Waals surface area (Å²) in [7, 11) is 0. The molecule has 4 nitrogen and oxygen atoms in total. The number of hydrogen-bond acceptors (Lipinski definition) is 4. The van der Waals surface area contributed by atoms with E-state index in [-0.39, 0.29) is 6.61 Å². The average Bonchev–Trinajstić information content (AvgIpc) is 2.98. The zero-order chi connectivity index (χ0) is 14.7. The van der Waals surface area contributed by atoms with Crippen LogP contribution in [0.15, 0.2) is 53.1 Å². The van der Waals surface area contributed by atoms with Gasteiger partial charge in [-0.3, -0.25) is 0 Å². The molecule has 2 aromatic carbocycles. The van der Waals surface area contributed by atoms with Crippen LogP contribution in [0.1, 0.15) is 5.89 Å². The fourth-order valence-corrected chi connectivity index (χ4v) is 2.08. The summed E-state index contributed by atoms with van der Waals surface area (Å²) in [6, 6.07) is 14.6. The topological polar surface area (TPSA) is 48.2 Å². The van der Waals surface area contributed by atoms with E-state index >= 15 is 0 Å². The largest absolute Gasteiger partial charge is 0.482 e. The number of rotatable bonds is 4. The Labute approximate surface area is 131 Å². The first-order valence-corrected chi connectivity index (χ1v) is 6.94. The quantitative estimate of drug-likeness (QED) is 0.703. The first-order chi connectivity index (χ1) is 10.2. The van der Waals surface area contributed by atoms with E-state index in [0.29, 0.717) is 27.5 Å². The molecule has 21 heavy (non-hydrogen) atoms. The summed E-state index contributed by atoms with van der Waals surface area (Å²) in [5.41, 5.74) is 0.883. The lowest BCUT2D eigenvalue weighted by atomic mass is 10.2. The SMILES string of the molecule is Clc1ccc(Cl)c(OCc2nc(-c3ccccc3)no2)c1. The molecule has 0 aliphatic rings. The van der Waals surface area contributed by atoms with Crippen molar-refractivity contribution in [3.63, 3.8) is 0 Å². The van der Waals surface area contributed by atoms with Gasteiger partial charge in [0, 0.05) is 16.7 Å². The maximum Gasteiger partial charge on any atom is 0.264 e. The molecule has 0 aliphatic carbocycles. The Morgan fingerprint density at radius 1 is 1.05 bits per heavy atom. The molecule has 0 saturated carbocycles. The standard InChI is InChI=1S/C15H10Cl2N2O2/c16-11-6-7-12(17)13(8-11)20-9-14-18-15(19-21-14)10-4-2-1-3-5-10/h1-8H,9H2. The average molecular weight is 321 g/mol. The van der Waals surface area contributed by atoms with E-state index in [9.17, 15) is 0 Å². The molecule has 6 heteroatoms. The number of benzene rings is 2. The Balaban J connectivity index is 1.72. The first-order valence-electron chi connectivity index (χ1n) is 6.18. The van der Waals surface area contributed by atoms with Crippen LogP contribution in [0.25, 0.3) is 11.4 Å². The van der Waals surface area contributed by atoms with Crippen molar-refractivity contribution in [2.24, 2.45) is 0 Å². The zero-order valence-corrected chi connectivity index (χ0v) is 12.3. The van der Waals surface area contributed by atoms with E-state index in [4.69, 9.17) is 32.5 Å². The minimum absolute atomic E-state index is 0.125. The van der Waals surface area contributed by atoms with Crippen molar-refractivity contribution >= 4 is 23.2 Å². The summed E-state index contributed by atoms with van der Waals surface area (Å²) in [5, 5.41) is 4.93. The van der Waals surface area contributed by atoms with Crippen LogP contribution < -0.4 is 4.74 Å². The lowest BCUT2D eigenvalue weighted by Crippen LogP contribution is -1.96. The van der Waals surface area contributed by atoms with Gasteiger partial charge in [-0.05, 0) is 12.1 Å². The highest BCUT2D eigenvalue weighted by atomic mass is 35.5. The summed E-state index contributed by atoms with van der Waals surface area (Å²) >= 11 is 11.9. The number of nitrogens with zero attached hydrogens (tertiary/aromatic N) is 2. The first kappa shape index (κ1) is 13.9. The van der Waals surface area contributed by atoms with Gasteiger partial charge in [0.05, 0.1) is 5.02 Å². The van der Waals surface area contributed by atoms with Crippen LogP contribution in [0.5, 0.6) is 5.75 Å². The summed E-state index contributed by atoms with van der Waals surface area (Å²) in [5.74, 6) is 1.36. The molecule has 0 radical (unpaired) electrons. The van der Waals surface area contributed by atoms with Crippen LogP contribution in [-0.4, -0.2) is 10.1 Å². The van der Waals surface area contributed by atoms with Crippen LogP contribution in [0.2, 0.25) is 10.0 Å². The third-order valence-electron chi connectivity index (χ3n) is 2.74. The summed E-state index contributed by atoms with van der Waals surface area (Å²) in [6.07, 6.45) is 0. The molecule has 0 fully saturated rings. The molecule has 3 rings (SSSR count). The normalized spacial score (nSPS) is 10.6. The van der Waals surface area contributed by atoms with Gasteiger partial charge in [-0.25, -0.2) is 0 Å². The molecule has 0 aliphatic heterocycles. The van der Waals surface area contributed by atoms with Gasteiger partial charge in [0.2, 0.25) is 5.82 Å². The predicted molar refractivity (Wildman–Crippen MR) is 80.5 cm³/mol. The molecule has 106 valence electrons. The Kier molecular flexibility index (Phi) is 4.08. The van der Waals surface area contributed by atoms with Crippen molar-refractivity contribution in [2.75, 3.05) is 0 Å². The van der Waals surface area contributed by atoms with Crippen LogP contribution in [-0.2, 0) is 6.61 Å². The van der Waals surface area contributed by atoms with Crippen molar-refractivity contribution in [3.8, 4) is 17.1 Å². The van der Waals surface area contributed by atoms with Crippen molar-refractivity contribution in [3.05, 3.63) is 64.5 Å². The predicted octanol–water partition coefficient (Wildman–Crippen LogP) is 4.62. The van der Waals surface area contributed by atoms with Gasteiger partial charge in [0.25, 0.3) is 5.89 Å². The summed E-state index contributed by atoms with van der Waals surface area (Å²) in [4.78, 5) is 4.27. The van der Waals surface area contributed by atoms with E-state index in [2.05, 4.69) is 10.1 Å². The number of aromatic nitrogens is 2. The second kappa shape index (κ2) is 6.16. The van der Waals surface area contributed by atoms with E-state index < -0.39 is 0 Å². The molecule has 0 atom stereocenters. The lowest BCUT2D eigenvalue weighted by molar-refractivity contribution is 0.243. The summed E-state index contributed by atoms with van der Waals surface area (Å²) in [6.45, 7) is 0.125.